The maximum absolute atomic E-state index is 4.29. The van der Waals surface area contributed by atoms with E-state index in [1.807, 2.05) is 0 Å². The minimum absolute atomic E-state index is 0.459. The quantitative estimate of drug-likeness (QED) is 0.831. The summed E-state index contributed by atoms with van der Waals surface area (Å²) in [5.74, 6) is 0.983. The van der Waals surface area contributed by atoms with Crippen molar-refractivity contribution in [3.63, 3.8) is 0 Å². The van der Waals surface area contributed by atoms with E-state index in [0.29, 0.717) is 6.04 Å². The van der Waals surface area contributed by atoms with Gasteiger partial charge in [-0.2, -0.15) is 0 Å². The van der Waals surface area contributed by atoms with Gasteiger partial charge in [-0.25, -0.2) is 9.97 Å². The number of nitrogens with zero attached hydrogens (tertiary/aromatic N) is 3. The van der Waals surface area contributed by atoms with Gasteiger partial charge in [-0.05, 0) is 36.2 Å². The molecule has 1 rings (SSSR count). The Morgan fingerprint density at radius 1 is 1.50 bits per heavy atom. The molecule has 0 unspecified atom stereocenters. The standard InChI is InChI=1S/C10H16BrN3/c1-4-5-14(8(2)3)10-9(11)6-12-7-13-10/h6-8H,4-5H2,1-3H3. The Kier molecular flexibility index (Phi) is 4.32. The second-order valence-electron chi connectivity index (χ2n) is 3.48. The fourth-order valence-electron chi connectivity index (χ4n) is 1.37. The van der Waals surface area contributed by atoms with E-state index in [1.165, 1.54) is 0 Å². The molecule has 14 heavy (non-hydrogen) atoms. The van der Waals surface area contributed by atoms with Crippen molar-refractivity contribution in [1.29, 1.82) is 0 Å². The third-order valence-electron chi connectivity index (χ3n) is 2.01. The fraction of sp³-hybridized carbons (Fsp3) is 0.600. The lowest BCUT2D eigenvalue weighted by Gasteiger charge is -2.27. The van der Waals surface area contributed by atoms with Gasteiger partial charge in [0.15, 0.2) is 0 Å². The van der Waals surface area contributed by atoms with Crippen molar-refractivity contribution in [3.05, 3.63) is 17.0 Å². The zero-order chi connectivity index (χ0) is 10.6. The van der Waals surface area contributed by atoms with Gasteiger partial charge in [0.2, 0.25) is 0 Å². The molecule has 0 N–H and O–H groups in total. The maximum Gasteiger partial charge on any atom is 0.146 e. The topological polar surface area (TPSA) is 29.0 Å². The zero-order valence-corrected chi connectivity index (χ0v) is 10.5. The molecule has 78 valence electrons. The molecule has 0 aromatic carbocycles. The smallest absolute Gasteiger partial charge is 0.146 e. The van der Waals surface area contributed by atoms with E-state index in [4.69, 9.17) is 0 Å². The Morgan fingerprint density at radius 3 is 2.71 bits per heavy atom. The Morgan fingerprint density at radius 2 is 2.21 bits per heavy atom. The molecule has 0 bridgehead atoms. The molecule has 0 atom stereocenters. The second kappa shape index (κ2) is 5.29. The molecule has 4 heteroatoms. The van der Waals surface area contributed by atoms with Crippen LogP contribution in [0, 0.1) is 0 Å². The number of hydrogen-bond donors (Lipinski definition) is 0. The summed E-state index contributed by atoms with van der Waals surface area (Å²) >= 11 is 3.47. The van der Waals surface area contributed by atoms with Gasteiger partial charge in [0, 0.05) is 18.8 Å². The van der Waals surface area contributed by atoms with E-state index in [2.05, 4.69) is 51.6 Å². The first kappa shape index (κ1) is 11.4. The van der Waals surface area contributed by atoms with Crippen LogP contribution in [0.2, 0.25) is 0 Å². The monoisotopic (exact) mass is 257 g/mol. The van der Waals surface area contributed by atoms with E-state index >= 15 is 0 Å². The molecule has 1 aromatic heterocycles. The van der Waals surface area contributed by atoms with E-state index in [-0.39, 0.29) is 0 Å². The lowest BCUT2D eigenvalue weighted by Crippen LogP contribution is -2.32. The van der Waals surface area contributed by atoms with Crippen molar-refractivity contribution in [2.45, 2.75) is 33.2 Å². The maximum atomic E-state index is 4.29. The van der Waals surface area contributed by atoms with Crippen LogP contribution < -0.4 is 4.90 Å². The normalized spacial score (nSPS) is 10.6. The van der Waals surface area contributed by atoms with Crippen LogP contribution in [-0.2, 0) is 0 Å². The first-order valence-corrected chi connectivity index (χ1v) is 5.68. The predicted octanol–water partition coefficient (Wildman–Crippen LogP) is 2.86. The number of aromatic nitrogens is 2. The lowest BCUT2D eigenvalue weighted by atomic mass is 10.3. The molecule has 0 aliphatic rings. The van der Waals surface area contributed by atoms with Crippen LogP contribution in [0.3, 0.4) is 0 Å². The van der Waals surface area contributed by atoms with Gasteiger partial charge >= 0.3 is 0 Å². The van der Waals surface area contributed by atoms with Crippen molar-refractivity contribution in [3.8, 4) is 0 Å². The van der Waals surface area contributed by atoms with Crippen LogP contribution in [0.4, 0.5) is 5.82 Å². The molecular formula is C10H16BrN3. The molecule has 0 aliphatic heterocycles. The SMILES string of the molecule is CCCN(c1ncncc1Br)C(C)C. The molecular weight excluding hydrogens is 242 g/mol. The Hall–Kier alpha value is -0.640. The zero-order valence-electron chi connectivity index (χ0n) is 8.87. The Labute approximate surface area is 93.7 Å². The van der Waals surface area contributed by atoms with Crippen molar-refractivity contribution in [1.82, 2.24) is 9.97 Å². The first-order chi connectivity index (χ1) is 6.66. The number of rotatable bonds is 4. The Balaban J connectivity index is 2.93. The summed E-state index contributed by atoms with van der Waals surface area (Å²) in [5.41, 5.74) is 0. The molecule has 3 nitrogen and oxygen atoms in total. The molecule has 0 saturated heterocycles. The number of anilines is 1. The summed E-state index contributed by atoms with van der Waals surface area (Å²) in [4.78, 5) is 10.5. The van der Waals surface area contributed by atoms with Crippen molar-refractivity contribution < 1.29 is 0 Å². The van der Waals surface area contributed by atoms with Crippen LogP contribution in [0.25, 0.3) is 0 Å². The largest absolute Gasteiger partial charge is 0.353 e. The van der Waals surface area contributed by atoms with Crippen LogP contribution in [0.1, 0.15) is 27.2 Å². The van der Waals surface area contributed by atoms with Gasteiger partial charge < -0.3 is 4.90 Å². The molecule has 1 heterocycles. The Bertz CT molecular complexity index is 288. The lowest BCUT2D eigenvalue weighted by molar-refractivity contribution is 0.659. The minimum atomic E-state index is 0.459. The summed E-state index contributed by atoms with van der Waals surface area (Å²) < 4.78 is 0.960. The molecule has 0 radical (unpaired) electrons. The minimum Gasteiger partial charge on any atom is -0.353 e. The third kappa shape index (κ3) is 2.67. The highest BCUT2D eigenvalue weighted by atomic mass is 79.9. The molecule has 0 saturated carbocycles. The van der Waals surface area contributed by atoms with Crippen molar-refractivity contribution >= 4 is 21.7 Å². The summed E-state index contributed by atoms with van der Waals surface area (Å²) in [7, 11) is 0. The highest BCUT2D eigenvalue weighted by Crippen LogP contribution is 2.23. The van der Waals surface area contributed by atoms with Gasteiger partial charge in [0.25, 0.3) is 0 Å². The molecule has 0 fully saturated rings. The molecule has 0 amide bonds. The highest BCUT2D eigenvalue weighted by molar-refractivity contribution is 9.10. The number of hydrogen-bond acceptors (Lipinski definition) is 3. The van der Waals surface area contributed by atoms with Gasteiger partial charge in [-0.1, -0.05) is 6.92 Å². The van der Waals surface area contributed by atoms with Gasteiger partial charge in [-0.3, -0.25) is 0 Å². The van der Waals surface area contributed by atoms with Crippen molar-refractivity contribution in [2.24, 2.45) is 0 Å². The highest BCUT2D eigenvalue weighted by Gasteiger charge is 2.13. The van der Waals surface area contributed by atoms with Crippen LogP contribution in [-0.4, -0.2) is 22.6 Å². The van der Waals surface area contributed by atoms with E-state index in [1.54, 1.807) is 12.5 Å². The average molecular weight is 258 g/mol. The molecule has 0 spiro atoms. The van der Waals surface area contributed by atoms with Crippen LogP contribution >= 0.6 is 15.9 Å². The summed E-state index contributed by atoms with van der Waals surface area (Å²) in [5, 5.41) is 0. The molecule has 0 aliphatic carbocycles. The number of halogens is 1. The molecule has 1 aromatic rings. The summed E-state index contributed by atoms with van der Waals surface area (Å²) in [6, 6.07) is 0.459. The van der Waals surface area contributed by atoms with Gasteiger partial charge in [0.05, 0.1) is 4.47 Å². The van der Waals surface area contributed by atoms with E-state index in [9.17, 15) is 0 Å². The van der Waals surface area contributed by atoms with Crippen LogP contribution in [0.15, 0.2) is 17.0 Å². The predicted molar refractivity (Wildman–Crippen MR) is 62.5 cm³/mol. The average Bonchev–Trinajstić information content (AvgIpc) is 2.15. The first-order valence-electron chi connectivity index (χ1n) is 4.89. The summed E-state index contributed by atoms with van der Waals surface area (Å²) in [6.07, 6.45) is 4.49. The van der Waals surface area contributed by atoms with Gasteiger partial charge in [0.1, 0.15) is 12.1 Å². The van der Waals surface area contributed by atoms with Crippen molar-refractivity contribution in [2.75, 3.05) is 11.4 Å². The van der Waals surface area contributed by atoms with Gasteiger partial charge in [-0.15, -0.1) is 0 Å². The third-order valence-corrected chi connectivity index (χ3v) is 2.57. The van der Waals surface area contributed by atoms with E-state index in [0.717, 1.165) is 23.3 Å². The summed E-state index contributed by atoms with van der Waals surface area (Å²) in [6.45, 7) is 7.53. The fourth-order valence-corrected chi connectivity index (χ4v) is 1.82. The second-order valence-corrected chi connectivity index (χ2v) is 4.34. The van der Waals surface area contributed by atoms with Crippen LogP contribution in [0.5, 0.6) is 0 Å². The van der Waals surface area contributed by atoms with E-state index < -0.39 is 0 Å².